The zero-order valence-corrected chi connectivity index (χ0v) is 22.7. The zero-order valence-electron chi connectivity index (χ0n) is 22.7. The molecule has 0 radical (unpaired) electrons. The summed E-state index contributed by atoms with van der Waals surface area (Å²) in [7, 11) is 1.69. The monoisotopic (exact) mass is 520 g/mol. The number of likely N-dealkylation sites (tertiary alicyclic amines) is 1. The topological polar surface area (TPSA) is 94.6 Å². The van der Waals surface area contributed by atoms with Gasteiger partial charge in [-0.25, -0.2) is 24.1 Å². The molecule has 0 bridgehead atoms. The first-order chi connectivity index (χ1) is 17.9. The molecular formula is C28H33FN6O3. The summed E-state index contributed by atoms with van der Waals surface area (Å²) in [5.41, 5.74) is 0.754. The molecule has 0 saturated carbocycles. The Labute approximate surface area is 220 Å². The molecule has 0 N–H and O–H groups in total. The zero-order chi connectivity index (χ0) is 27.4. The second kappa shape index (κ2) is 9.18. The number of carbonyl (C=O) groups is 1. The van der Waals surface area contributed by atoms with Crippen molar-refractivity contribution < 1.29 is 13.9 Å². The summed E-state index contributed by atoms with van der Waals surface area (Å²) < 4.78 is 24.4. The smallest absolute Gasteiger partial charge is 0.410 e. The van der Waals surface area contributed by atoms with Crippen LogP contribution in [0.5, 0.6) is 0 Å². The van der Waals surface area contributed by atoms with Crippen molar-refractivity contribution in [2.24, 2.45) is 7.05 Å². The number of aryl methyl sites for hydroxylation is 1. The third-order valence-corrected chi connectivity index (χ3v) is 7.42. The van der Waals surface area contributed by atoms with Crippen LogP contribution in [-0.2, 0) is 17.2 Å². The lowest BCUT2D eigenvalue weighted by atomic mass is 9.75. The van der Waals surface area contributed by atoms with E-state index in [0.29, 0.717) is 55.1 Å². The average molecular weight is 521 g/mol. The molecule has 4 heterocycles. The van der Waals surface area contributed by atoms with Crippen molar-refractivity contribution in [3.63, 3.8) is 0 Å². The van der Waals surface area contributed by atoms with E-state index in [4.69, 9.17) is 9.72 Å². The van der Waals surface area contributed by atoms with Crippen molar-refractivity contribution in [2.75, 3.05) is 13.1 Å². The summed E-state index contributed by atoms with van der Waals surface area (Å²) in [6, 6.07) is 3.07. The van der Waals surface area contributed by atoms with Crippen LogP contribution in [0, 0.1) is 12.7 Å². The van der Waals surface area contributed by atoms with Crippen LogP contribution in [0.25, 0.3) is 27.8 Å². The molecule has 1 aromatic carbocycles. The number of hydrogen-bond acceptors (Lipinski definition) is 6. The number of nitrogens with zero attached hydrogens (tertiary/aromatic N) is 6. The molecular weight excluding hydrogens is 487 g/mol. The van der Waals surface area contributed by atoms with Gasteiger partial charge in [-0.15, -0.1) is 0 Å². The maximum absolute atomic E-state index is 15.5. The van der Waals surface area contributed by atoms with Crippen molar-refractivity contribution in [3.05, 3.63) is 58.4 Å². The van der Waals surface area contributed by atoms with Crippen LogP contribution in [-0.4, -0.2) is 53.6 Å². The fraction of sp³-hybridized carbons (Fsp3) is 0.464. The number of imidazole rings is 1. The highest BCUT2D eigenvalue weighted by Gasteiger charge is 2.40. The van der Waals surface area contributed by atoms with Crippen LogP contribution in [0.3, 0.4) is 0 Å². The molecule has 38 heavy (non-hydrogen) atoms. The summed E-state index contributed by atoms with van der Waals surface area (Å²) in [6.07, 6.45) is 6.85. The predicted octanol–water partition coefficient (Wildman–Crippen LogP) is 4.77. The average Bonchev–Trinajstić information content (AvgIpc) is 3.24. The Morgan fingerprint density at radius 3 is 2.50 bits per heavy atom. The Hall–Kier alpha value is -3.82. The van der Waals surface area contributed by atoms with Crippen LogP contribution >= 0.6 is 0 Å². The van der Waals surface area contributed by atoms with E-state index in [2.05, 4.69) is 9.97 Å². The Balaban J connectivity index is 1.52. The van der Waals surface area contributed by atoms with E-state index in [1.165, 1.54) is 6.07 Å². The fourth-order valence-corrected chi connectivity index (χ4v) is 5.31. The number of aromatic nitrogens is 5. The minimum atomic E-state index is -0.573. The lowest BCUT2D eigenvalue weighted by molar-refractivity contribution is 0.0154. The van der Waals surface area contributed by atoms with Gasteiger partial charge in [0.1, 0.15) is 22.8 Å². The number of carbonyl (C=O) groups excluding carboxylic acids is 1. The van der Waals surface area contributed by atoms with Crippen LogP contribution in [0.1, 0.15) is 58.5 Å². The number of ether oxygens (including phenoxy) is 1. The highest BCUT2D eigenvalue weighted by molar-refractivity contribution is 5.84. The highest BCUT2D eigenvalue weighted by Crippen LogP contribution is 2.38. The van der Waals surface area contributed by atoms with E-state index < -0.39 is 16.8 Å². The third kappa shape index (κ3) is 4.52. The molecule has 1 aliphatic heterocycles. The molecule has 5 rings (SSSR count). The molecule has 1 amide bonds. The minimum absolute atomic E-state index is 0.0572. The Morgan fingerprint density at radius 2 is 1.84 bits per heavy atom. The van der Waals surface area contributed by atoms with E-state index in [-0.39, 0.29) is 22.6 Å². The molecule has 0 unspecified atom stereocenters. The van der Waals surface area contributed by atoms with Gasteiger partial charge in [0.05, 0.1) is 11.1 Å². The summed E-state index contributed by atoms with van der Waals surface area (Å²) in [6.45, 7) is 10.4. The quantitative estimate of drug-likeness (QED) is 0.386. The first kappa shape index (κ1) is 25.8. The number of piperidine rings is 1. The molecule has 10 heteroatoms. The van der Waals surface area contributed by atoms with Gasteiger partial charge in [0, 0.05) is 49.7 Å². The van der Waals surface area contributed by atoms with Gasteiger partial charge in [-0.3, -0.25) is 13.8 Å². The predicted molar refractivity (Wildman–Crippen MR) is 143 cm³/mol. The van der Waals surface area contributed by atoms with Crippen molar-refractivity contribution in [3.8, 4) is 11.1 Å². The second-order valence-electron chi connectivity index (χ2n) is 11.2. The van der Waals surface area contributed by atoms with Crippen molar-refractivity contribution in [1.29, 1.82) is 0 Å². The van der Waals surface area contributed by atoms with Crippen LogP contribution < -0.4 is 5.56 Å². The van der Waals surface area contributed by atoms with E-state index in [1.54, 1.807) is 33.2 Å². The summed E-state index contributed by atoms with van der Waals surface area (Å²) >= 11 is 0. The Morgan fingerprint density at radius 1 is 1.13 bits per heavy atom. The van der Waals surface area contributed by atoms with E-state index in [1.807, 2.05) is 47.0 Å². The number of fused-ring (bicyclic) bond motifs is 2. The number of amides is 1. The molecule has 0 spiro atoms. The maximum Gasteiger partial charge on any atom is 0.410 e. The molecule has 1 aliphatic rings. The van der Waals surface area contributed by atoms with Gasteiger partial charge in [0.15, 0.2) is 0 Å². The van der Waals surface area contributed by atoms with E-state index in [0.717, 1.165) is 5.69 Å². The highest BCUT2D eigenvalue weighted by atomic mass is 19.1. The largest absolute Gasteiger partial charge is 0.444 e. The molecule has 1 fully saturated rings. The van der Waals surface area contributed by atoms with Gasteiger partial charge in [-0.05, 0) is 64.7 Å². The molecule has 0 atom stereocenters. The number of halogens is 1. The first-order valence-corrected chi connectivity index (χ1v) is 12.9. The maximum atomic E-state index is 15.5. The van der Waals surface area contributed by atoms with Gasteiger partial charge in [-0.2, -0.15) is 0 Å². The van der Waals surface area contributed by atoms with Crippen molar-refractivity contribution in [1.82, 2.24) is 28.8 Å². The van der Waals surface area contributed by atoms with Crippen molar-refractivity contribution >= 4 is 22.8 Å². The number of rotatable bonds is 3. The molecule has 0 aliphatic carbocycles. The molecule has 4 aromatic rings. The third-order valence-electron chi connectivity index (χ3n) is 7.42. The van der Waals surface area contributed by atoms with E-state index >= 15 is 4.39 Å². The number of hydrogen-bond donors (Lipinski definition) is 0. The normalized spacial score (nSPS) is 15.8. The SMILES string of the molecule is CCC1(c2nc3c(F)cc(-c4cnc5nc(C)cn5c4)cc3c(=O)n2C)CCN(C(=O)OC(C)(C)C)CC1. The van der Waals surface area contributed by atoms with Gasteiger partial charge >= 0.3 is 6.09 Å². The van der Waals surface area contributed by atoms with Crippen LogP contribution in [0.15, 0.2) is 35.5 Å². The van der Waals surface area contributed by atoms with Gasteiger partial charge in [0.25, 0.3) is 5.56 Å². The Kier molecular flexibility index (Phi) is 6.24. The molecule has 1 saturated heterocycles. The lowest BCUT2D eigenvalue weighted by Gasteiger charge is -2.41. The van der Waals surface area contributed by atoms with E-state index in [9.17, 15) is 9.59 Å². The van der Waals surface area contributed by atoms with Crippen LogP contribution in [0.2, 0.25) is 0 Å². The summed E-state index contributed by atoms with van der Waals surface area (Å²) in [5, 5.41) is 0.214. The molecule has 9 nitrogen and oxygen atoms in total. The van der Waals surface area contributed by atoms with Gasteiger partial charge < -0.3 is 9.64 Å². The standard InChI is InChI=1S/C28H33FN6O3/c1-7-28(8-10-34(11-9-28)26(37)38-27(3,4)5)24-32-22-20(23(36)33(24)6)12-18(13-21(22)29)19-14-30-25-31-17(2)15-35(25)16-19/h12-16H,7-11H2,1-6H3. The van der Waals surface area contributed by atoms with Crippen LogP contribution in [0.4, 0.5) is 9.18 Å². The number of benzene rings is 1. The lowest BCUT2D eigenvalue weighted by Crippen LogP contribution is -2.48. The minimum Gasteiger partial charge on any atom is -0.444 e. The second-order valence-corrected chi connectivity index (χ2v) is 11.2. The summed E-state index contributed by atoms with van der Waals surface area (Å²) in [4.78, 5) is 41.3. The first-order valence-electron chi connectivity index (χ1n) is 12.9. The summed E-state index contributed by atoms with van der Waals surface area (Å²) in [5.74, 6) is 0.540. The molecule has 200 valence electrons. The van der Waals surface area contributed by atoms with Crippen molar-refractivity contribution in [2.45, 2.75) is 64.9 Å². The fourth-order valence-electron chi connectivity index (χ4n) is 5.31. The molecule has 3 aromatic heterocycles. The van der Waals surface area contributed by atoms with Gasteiger partial charge in [-0.1, -0.05) is 6.92 Å². The Bertz CT molecular complexity index is 1610. The van der Waals surface area contributed by atoms with Gasteiger partial charge in [0.2, 0.25) is 5.78 Å².